The van der Waals surface area contributed by atoms with Gasteiger partial charge in [-0.2, -0.15) is 0 Å². The maximum Gasteiger partial charge on any atom is 0.260 e. The van der Waals surface area contributed by atoms with E-state index in [0.29, 0.717) is 49.1 Å². The van der Waals surface area contributed by atoms with E-state index in [-0.39, 0.29) is 28.7 Å². The Hall–Kier alpha value is -2.42. The van der Waals surface area contributed by atoms with Gasteiger partial charge in [0.25, 0.3) is 5.56 Å². The van der Waals surface area contributed by atoms with Crippen LogP contribution in [0, 0.1) is 12.7 Å². The van der Waals surface area contributed by atoms with Crippen molar-refractivity contribution in [2.24, 2.45) is 0 Å². The third-order valence-electron chi connectivity index (χ3n) is 6.73. The molecule has 5 nitrogen and oxygen atoms in total. The Bertz CT molecular complexity index is 1220. The third kappa shape index (κ3) is 5.10. The van der Waals surface area contributed by atoms with Gasteiger partial charge in [0.1, 0.15) is 5.83 Å². The molecule has 0 amide bonds. The topological polar surface area (TPSA) is 43.7 Å². The lowest BCUT2D eigenvalue weighted by molar-refractivity contribution is 0.154. The summed E-state index contributed by atoms with van der Waals surface area (Å²) in [6, 6.07) is 4.75. The standard InChI is InChI=1S/C27H32F2N2O3S/c1-17-21(14-18-8-5-6-10-22(18)28)27-31(19(16-35-27)15-30(2)12-13-33-3)26(32)24(17)20-9-7-11-23(34-4)25(20)29/h5,7-9,11,19H,6,10,12-16H2,1-4H3. The summed E-state index contributed by atoms with van der Waals surface area (Å²) < 4.78 is 42.3. The summed E-state index contributed by atoms with van der Waals surface area (Å²) in [7, 11) is 5.07. The van der Waals surface area contributed by atoms with Crippen LogP contribution in [0.25, 0.3) is 11.1 Å². The summed E-state index contributed by atoms with van der Waals surface area (Å²) >= 11 is 1.62. The molecule has 0 saturated heterocycles. The number of hydrogen-bond acceptors (Lipinski definition) is 5. The predicted octanol–water partition coefficient (Wildman–Crippen LogP) is 5.31. The summed E-state index contributed by atoms with van der Waals surface area (Å²) in [5.74, 6) is 0.122. The molecule has 1 atom stereocenters. The van der Waals surface area contributed by atoms with Gasteiger partial charge in [0.15, 0.2) is 11.6 Å². The minimum Gasteiger partial charge on any atom is -0.494 e. The molecule has 1 unspecified atom stereocenters. The van der Waals surface area contributed by atoms with Crippen molar-refractivity contribution in [1.82, 2.24) is 9.47 Å². The van der Waals surface area contributed by atoms with E-state index < -0.39 is 5.82 Å². The van der Waals surface area contributed by atoms with Crippen LogP contribution in [0.5, 0.6) is 5.75 Å². The van der Waals surface area contributed by atoms with Crippen LogP contribution in [0.15, 0.2) is 51.6 Å². The van der Waals surface area contributed by atoms with Gasteiger partial charge < -0.3 is 14.4 Å². The number of halogens is 2. The Morgan fingerprint density at radius 3 is 2.77 bits per heavy atom. The number of ether oxygens (including phenoxy) is 2. The molecule has 0 spiro atoms. The Kier molecular flexibility index (Phi) is 8.14. The molecule has 0 bridgehead atoms. The van der Waals surface area contributed by atoms with Crippen molar-refractivity contribution in [3.8, 4) is 16.9 Å². The van der Waals surface area contributed by atoms with Gasteiger partial charge in [-0.1, -0.05) is 24.3 Å². The fourth-order valence-corrected chi connectivity index (χ4v) is 6.19. The zero-order valence-electron chi connectivity index (χ0n) is 20.7. The van der Waals surface area contributed by atoms with E-state index in [0.717, 1.165) is 22.9 Å². The molecule has 0 saturated carbocycles. The second-order valence-electron chi connectivity index (χ2n) is 9.05. The van der Waals surface area contributed by atoms with Crippen LogP contribution in [-0.4, -0.2) is 56.2 Å². The zero-order chi connectivity index (χ0) is 25.1. The summed E-state index contributed by atoms with van der Waals surface area (Å²) in [6.45, 7) is 3.83. The number of methoxy groups -OCH3 is 2. The summed E-state index contributed by atoms with van der Waals surface area (Å²) in [6.07, 6.45) is 5.25. The fourth-order valence-electron chi connectivity index (χ4n) is 4.82. The molecule has 4 rings (SSSR count). The van der Waals surface area contributed by atoms with Crippen molar-refractivity contribution in [3.05, 3.63) is 69.0 Å². The number of thioether (sulfide) groups is 1. The first-order chi connectivity index (χ1) is 16.9. The van der Waals surface area contributed by atoms with Crippen LogP contribution in [0.1, 0.15) is 30.0 Å². The highest BCUT2D eigenvalue weighted by Crippen LogP contribution is 2.41. The number of fused-ring (bicyclic) bond motifs is 1. The lowest BCUT2D eigenvalue weighted by atomic mass is 9.92. The minimum absolute atomic E-state index is 0.0857. The summed E-state index contributed by atoms with van der Waals surface area (Å²) in [5.41, 5.74) is 2.49. The first-order valence-corrected chi connectivity index (χ1v) is 12.8. The van der Waals surface area contributed by atoms with E-state index in [2.05, 4.69) is 4.90 Å². The molecule has 1 aromatic carbocycles. The average Bonchev–Trinajstić information content (AvgIpc) is 3.26. The number of likely N-dealkylation sites (N-methyl/N-ethyl adjacent to an activating group) is 1. The molecule has 2 heterocycles. The molecule has 0 fully saturated rings. The van der Waals surface area contributed by atoms with Crippen molar-refractivity contribution in [2.45, 2.75) is 37.3 Å². The second-order valence-corrected chi connectivity index (χ2v) is 10.1. The molecule has 1 aromatic heterocycles. The highest BCUT2D eigenvalue weighted by atomic mass is 32.2. The largest absolute Gasteiger partial charge is 0.494 e. The third-order valence-corrected chi connectivity index (χ3v) is 8.00. The van der Waals surface area contributed by atoms with Crippen molar-refractivity contribution in [3.63, 3.8) is 0 Å². The summed E-state index contributed by atoms with van der Waals surface area (Å²) in [4.78, 5) is 16.1. The molecule has 8 heteroatoms. The summed E-state index contributed by atoms with van der Waals surface area (Å²) in [5, 5.41) is 0.851. The number of pyridine rings is 1. The van der Waals surface area contributed by atoms with E-state index in [1.54, 1.807) is 35.6 Å². The average molecular weight is 503 g/mol. The predicted molar refractivity (Wildman–Crippen MR) is 137 cm³/mol. The Morgan fingerprint density at radius 1 is 1.26 bits per heavy atom. The van der Waals surface area contributed by atoms with E-state index in [1.165, 1.54) is 13.2 Å². The Balaban J connectivity index is 1.89. The Morgan fingerprint density at radius 2 is 2.06 bits per heavy atom. The lowest BCUT2D eigenvalue weighted by Gasteiger charge is -2.24. The number of allylic oxidation sites excluding steroid dienone is 4. The van der Waals surface area contributed by atoms with Gasteiger partial charge >= 0.3 is 0 Å². The first kappa shape index (κ1) is 25.7. The van der Waals surface area contributed by atoms with Gasteiger partial charge in [0.2, 0.25) is 0 Å². The van der Waals surface area contributed by atoms with E-state index in [1.807, 2.05) is 26.1 Å². The number of hydrogen-bond donors (Lipinski definition) is 0. The zero-order valence-corrected chi connectivity index (χ0v) is 21.5. The first-order valence-electron chi connectivity index (χ1n) is 11.8. The van der Waals surface area contributed by atoms with Gasteiger partial charge in [-0.25, -0.2) is 8.78 Å². The van der Waals surface area contributed by atoms with Gasteiger partial charge in [-0.05, 0) is 43.2 Å². The molecule has 1 aliphatic heterocycles. The quantitative estimate of drug-likeness (QED) is 0.465. The molecular formula is C27H32F2N2O3S. The van der Waals surface area contributed by atoms with Gasteiger partial charge in [0, 0.05) is 44.4 Å². The molecule has 188 valence electrons. The number of benzene rings is 1. The van der Waals surface area contributed by atoms with Crippen LogP contribution < -0.4 is 10.3 Å². The van der Waals surface area contributed by atoms with E-state index in [4.69, 9.17) is 9.47 Å². The van der Waals surface area contributed by atoms with Crippen molar-refractivity contribution in [2.75, 3.05) is 46.7 Å². The second kappa shape index (κ2) is 11.1. The smallest absolute Gasteiger partial charge is 0.260 e. The lowest BCUT2D eigenvalue weighted by Crippen LogP contribution is -2.35. The molecule has 0 N–H and O–H groups in total. The highest BCUT2D eigenvalue weighted by molar-refractivity contribution is 7.99. The Labute approximate surface area is 209 Å². The maximum atomic E-state index is 15.4. The monoisotopic (exact) mass is 502 g/mol. The maximum absolute atomic E-state index is 15.4. The van der Waals surface area contributed by atoms with Crippen LogP contribution in [0.2, 0.25) is 0 Å². The normalized spacial score (nSPS) is 17.4. The van der Waals surface area contributed by atoms with Crippen LogP contribution in [-0.2, 0) is 11.2 Å². The van der Waals surface area contributed by atoms with Crippen LogP contribution >= 0.6 is 11.8 Å². The van der Waals surface area contributed by atoms with Crippen LogP contribution in [0.4, 0.5) is 8.78 Å². The van der Waals surface area contributed by atoms with Crippen molar-refractivity contribution in [1.29, 1.82) is 0 Å². The molecular weight excluding hydrogens is 470 g/mol. The molecule has 0 radical (unpaired) electrons. The highest BCUT2D eigenvalue weighted by Gasteiger charge is 2.32. The van der Waals surface area contributed by atoms with Crippen LogP contribution in [0.3, 0.4) is 0 Å². The molecule has 2 aromatic rings. The fraction of sp³-hybridized carbons (Fsp3) is 0.444. The van der Waals surface area contributed by atoms with E-state index in [9.17, 15) is 9.18 Å². The molecule has 2 aliphatic rings. The van der Waals surface area contributed by atoms with Gasteiger partial charge in [-0.3, -0.25) is 9.36 Å². The number of rotatable bonds is 9. The SMILES string of the molecule is COCCN(C)CC1CSc2c(CC3=C(F)CCC=C3)c(C)c(-c3cccc(OC)c3F)c(=O)n21. The number of aromatic nitrogens is 1. The number of nitrogens with zero attached hydrogens (tertiary/aromatic N) is 2. The van der Waals surface area contributed by atoms with E-state index >= 15 is 4.39 Å². The molecule has 35 heavy (non-hydrogen) atoms. The van der Waals surface area contributed by atoms with Gasteiger partial charge in [0.05, 0.1) is 30.3 Å². The van der Waals surface area contributed by atoms with Crippen molar-refractivity contribution >= 4 is 11.8 Å². The molecule has 1 aliphatic carbocycles. The van der Waals surface area contributed by atoms with Crippen molar-refractivity contribution < 1.29 is 18.3 Å². The van der Waals surface area contributed by atoms with Gasteiger partial charge in [-0.15, -0.1) is 11.8 Å². The minimum atomic E-state index is -0.566.